The molecule has 0 aromatic heterocycles. The van der Waals surface area contributed by atoms with Gasteiger partial charge in [0.1, 0.15) is 6.54 Å². The molecule has 2 saturated heterocycles. The van der Waals surface area contributed by atoms with Crippen LogP contribution in [0.5, 0.6) is 0 Å². The van der Waals surface area contributed by atoms with E-state index in [4.69, 9.17) is 0 Å². The molecule has 2 fully saturated rings. The smallest absolute Gasteiger partial charge is 0.324 e. The normalized spacial score (nSPS) is 20.4. The van der Waals surface area contributed by atoms with Gasteiger partial charge < -0.3 is 9.80 Å². The van der Waals surface area contributed by atoms with Crippen molar-refractivity contribution in [2.45, 2.75) is 67.2 Å². The molecule has 2 rings (SSSR count). The Hall–Kier alpha value is -1.82. The molecule has 0 saturated carbocycles. The molecule has 12 heteroatoms. The number of imide groups is 2. The first-order chi connectivity index (χ1) is 17.8. The Bertz CT molecular complexity index is 943. The van der Waals surface area contributed by atoms with E-state index in [0.717, 1.165) is 6.42 Å². The van der Waals surface area contributed by atoms with E-state index >= 15 is 0 Å². The van der Waals surface area contributed by atoms with E-state index in [0.29, 0.717) is 68.5 Å². The van der Waals surface area contributed by atoms with Crippen molar-refractivity contribution in [1.82, 2.24) is 19.6 Å². The third kappa shape index (κ3) is 8.86. The topological polar surface area (TPSA) is 115 Å². The van der Waals surface area contributed by atoms with E-state index < -0.39 is 21.6 Å². The van der Waals surface area contributed by atoms with Crippen LogP contribution in [0, 0.1) is 10.8 Å². The van der Waals surface area contributed by atoms with Crippen LogP contribution in [0.1, 0.15) is 67.2 Å². The summed E-state index contributed by atoms with van der Waals surface area (Å²) in [6.45, 7) is 13.9. The Morgan fingerprint density at radius 3 is 1.76 bits per heavy atom. The average molecular weight is 575 g/mol. The maximum Gasteiger partial charge on any atom is 0.327 e. The molecule has 218 valence electrons. The zero-order valence-electron chi connectivity index (χ0n) is 24.0. The molecule has 2 aliphatic rings. The zero-order chi connectivity index (χ0) is 28.7. The minimum absolute atomic E-state index is 0.113. The highest BCUT2D eigenvalue weighted by Gasteiger charge is 2.38. The van der Waals surface area contributed by atoms with Crippen LogP contribution < -0.4 is 0 Å². The number of amides is 6. The summed E-state index contributed by atoms with van der Waals surface area (Å²) in [5, 5.41) is 0. The third-order valence-electron chi connectivity index (χ3n) is 7.75. The lowest BCUT2D eigenvalue weighted by molar-refractivity contribution is -0.132. The molecule has 0 aromatic rings. The largest absolute Gasteiger partial charge is 0.327 e. The second kappa shape index (κ2) is 14.0. The van der Waals surface area contributed by atoms with Gasteiger partial charge in [0.25, 0.3) is 0 Å². The van der Waals surface area contributed by atoms with Gasteiger partial charge in [-0.2, -0.15) is 0 Å². The van der Waals surface area contributed by atoms with Crippen molar-refractivity contribution in [2.75, 3.05) is 62.3 Å². The molecule has 10 nitrogen and oxygen atoms in total. The van der Waals surface area contributed by atoms with Crippen molar-refractivity contribution >= 4 is 45.5 Å². The standard InChI is InChI=1S/C26H46N4O6S2/c1-7-26(6,20-30-21(31)10-13-27(8-2)23(30)33)12-15-38(36)17-16-37(35)14-11-25(4,5)19-29-22(32)18-28(9-3)24(29)34/h7-20H2,1-6H3. The maximum absolute atomic E-state index is 12.7. The van der Waals surface area contributed by atoms with Crippen LogP contribution in [0.15, 0.2) is 0 Å². The summed E-state index contributed by atoms with van der Waals surface area (Å²) in [6, 6.07) is -0.512. The molecule has 0 radical (unpaired) electrons. The second-order valence-electron chi connectivity index (χ2n) is 11.4. The van der Waals surface area contributed by atoms with E-state index in [-0.39, 0.29) is 47.8 Å². The van der Waals surface area contributed by atoms with E-state index in [1.165, 1.54) is 14.7 Å². The summed E-state index contributed by atoms with van der Waals surface area (Å²) >= 11 is 0. The van der Waals surface area contributed by atoms with Crippen LogP contribution in [0.25, 0.3) is 0 Å². The molecule has 0 N–H and O–H groups in total. The first-order valence-electron chi connectivity index (χ1n) is 13.6. The Morgan fingerprint density at radius 1 is 0.711 bits per heavy atom. The fraction of sp³-hybridized carbons (Fsp3) is 0.846. The van der Waals surface area contributed by atoms with E-state index in [1.54, 1.807) is 4.90 Å². The molecule has 0 aromatic carbocycles. The summed E-state index contributed by atoms with van der Waals surface area (Å²) < 4.78 is 25.4. The predicted molar refractivity (Wildman–Crippen MR) is 150 cm³/mol. The highest BCUT2D eigenvalue weighted by Crippen LogP contribution is 2.29. The molecule has 2 heterocycles. The Kier molecular flexibility index (Phi) is 11.9. The van der Waals surface area contributed by atoms with Crippen molar-refractivity contribution < 1.29 is 27.6 Å². The number of hydrogen-bond donors (Lipinski definition) is 0. The number of likely N-dealkylation sites (N-methyl/N-ethyl adjacent to an activating group) is 1. The number of carbonyl (C=O) groups is 4. The van der Waals surface area contributed by atoms with Gasteiger partial charge in [0.05, 0.1) is 0 Å². The lowest BCUT2D eigenvalue weighted by Gasteiger charge is -2.39. The quantitative estimate of drug-likeness (QED) is 0.262. The molecular formula is C26H46N4O6S2. The second-order valence-corrected chi connectivity index (χ2v) is 14.8. The Morgan fingerprint density at radius 2 is 1.24 bits per heavy atom. The molecule has 38 heavy (non-hydrogen) atoms. The predicted octanol–water partition coefficient (Wildman–Crippen LogP) is 2.66. The van der Waals surface area contributed by atoms with Gasteiger partial charge in [-0.25, -0.2) is 9.59 Å². The summed E-state index contributed by atoms with van der Waals surface area (Å²) in [6.07, 6.45) is 2.25. The van der Waals surface area contributed by atoms with Crippen molar-refractivity contribution in [2.24, 2.45) is 10.8 Å². The first kappa shape index (κ1) is 32.4. The summed E-state index contributed by atoms with van der Waals surface area (Å²) in [5.74, 6) is 1.14. The zero-order valence-corrected chi connectivity index (χ0v) is 25.6. The van der Waals surface area contributed by atoms with Gasteiger partial charge in [0, 0.05) is 83.8 Å². The molecule has 2 aliphatic heterocycles. The highest BCUT2D eigenvalue weighted by molar-refractivity contribution is 7.88. The molecule has 0 spiro atoms. The van der Waals surface area contributed by atoms with E-state index in [2.05, 4.69) is 0 Å². The van der Waals surface area contributed by atoms with Crippen molar-refractivity contribution in [3.05, 3.63) is 0 Å². The van der Waals surface area contributed by atoms with Gasteiger partial charge in [-0.1, -0.05) is 27.7 Å². The molecule has 0 aliphatic carbocycles. The van der Waals surface area contributed by atoms with Crippen molar-refractivity contribution in [1.29, 1.82) is 0 Å². The van der Waals surface area contributed by atoms with E-state index in [9.17, 15) is 27.6 Å². The lowest BCUT2D eigenvalue weighted by atomic mass is 9.84. The monoisotopic (exact) mass is 574 g/mol. The van der Waals surface area contributed by atoms with Gasteiger partial charge >= 0.3 is 12.1 Å². The van der Waals surface area contributed by atoms with Crippen LogP contribution >= 0.6 is 0 Å². The Balaban J connectivity index is 1.77. The first-order valence-corrected chi connectivity index (χ1v) is 16.6. The Labute approximate surface area is 232 Å². The average Bonchev–Trinajstić information content (AvgIpc) is 3.14. The van der Waals surface area contributed by atoms with Crippen LogP contribution in [-0.4, -0.2) is 114 Å². The van der Waals surface area contributed by atoms with Crippen molar-refractivity contribution in [3.63, 3.8) is 0 Å². The van der Waals surface area contributed by atoms with Gasteiger partial charge in [0.2, 0.25) is 11.8 Å². The maximum atomic E-state index is 12.7. The summed E-state index contributed by atoms with van der Waals surface area (Å²) in [7, 11) is -2.32. The lowest BCUT2D eigenvalue weighted by Crippen LogP contribution is -2.54. The molecule has 3 atom stereocenters. The van der Waals surface area contributed by atoms with Gasteiger partial charge in [0.15, 0.2) is 0 Å². The summed E-state index contributed by atoms with van der Waals surface area (Å²) in [5.41, 5.74) is -0.706. The van der Waals surface area contributed by atoms with Crippen molar-refractivity contribution in [3.8, 4) is 0 Å². The van der Waals surface area contributed by atoms with Crippen LogP contribution in [-0.2, 0) is 31.2 Å². The minimum Gasteiger partial charge on any atom is -0.324 e. The fourth-order valence-electron chi connectivity index (χ4n) is 4.58. The number of carbonyl (C=O) groups excluding carboxylic acids is 4. The molecule has 3 unspecified atom stereocenters. The van der Waals surface area contributed by atoms with Gasteiger partial charge in [-0.15, -0.1) is 0 Å². The number of hydrogen-bond acceptors (Lipinski definition) is 6. The van der Waals surface area contributed by atoms with E-state index in [1.807, 2.05) is 41.5 Å². The SMILES string of the molecule is CCN1CC(=O)N(CC(C)(C)CCS(=O)CCS(=O)CCC(C)(CC)CN2C(=O)CCN(CC)C2=O)C1=O. The van der Waals surface area contributed by atoms with Gasteiger partial charge in [-0.05, 0) is 43.9 Å². The van der Waals surface area contributed by atoms with Crippen LogP contribution in [0.2, 0.25) is 0 Å². The molecule has 0 bridgehead atoms. The van der Waals surface area contributed by atoms with Gasteiger partial charge in [-0.3, -0.25) is 27.8 Å². The van der Waals surface area contributed by atoms with Crippen LogP contribution in [0.4, 0.5) is 9.59 Å². The third-order valence-corrected chi connectivity index (χ3v) is 10.6. The fourth-order valence-corrected chi connectivity index (χ4v) is 7.98. The molecular weight excluding hydrogens is 528 g/mol. The summed E-state index contributed by atoms with van der Waals surface area (Å²) in [4.78, 5) is 55.5. The number of nitrogens with zero attached hydrogens (tertiary/aromatic N) is 4. The number of urea groups is 2. The highest BCUT2D eigenvalue weighted by atomic mass is 32.2. The number of rotatable bonds is 16. The minimum atomic E-state index is -1.16. The molecule has 6 amide bonds. The van der Waals surface area contributed by atoms with Crippen LogP contribution in [0.3, 0.4) is 0 Å².